The standard InChI is InChI=1S/C10H14Cl2N2O/c1-14-10(9(15)5-13)6-2-3-7(11)8(12)4-6/h2-4,9-10,14-15H,5,13H2,1H3. The summed E-state index contributed by atoms with van der Waals surface area (Å²) in [6.45, 7) is 0.186. The van der Waals surface area contributed by atoms with Crippen LogP contribution < -0.4 is 11.1 Å². The fraction of sp³-hybridized carbons (Fsp3) is 0.400. The van der Waals surface area contributed by atoms with Crippen molar-refractivity contribution >= 4 is 23.2 Å². The Morgan fingerprint density at radius 2 is 2.07 bits per heavy atom. The molecular formula is C10H14Cl2N2O. The van der Waals surface area contributed by atoms with Crippen LogP contribution in [0.15, 0.2) is 18.2 Å². The number of hydrogen-bond acceptors (Lipinski definition) is 3. The van der Waals surface area contributed by atoms with Crippen molar-refractivity contribution in [1.82, 2.24) is 5.32 Å². The maximum absolute atomic E-state index is 9.67. The Kier molecular flexibility index (Phi) is 4.83. The minimum Gasteiger partial charge on any atom is -0.390 e. The molecule has 84 valence electrons. The Balaban J connectivity index is 2.97. The molecule has 1 aromatic rings. The summed E-state index contributed by atoms with van der Waals surface area (Å²) in [4.78, 5) is 0. The molecule has 0 amide bonds. The first-order valence-electron chi connectivity index (χ1n) is 4.60. The molecular weight excluding hydrogens is 235 g/mol. The summed E-state index contributed by atoms with van der Waals surface area (Å²) < 4.78 is 0. The van der Waals surface area contributed by atoms with Crippen LogP contribution in [0.3, 0.4) is 0 Å². The molecule has 0 spiro atoms. The maximum atomic E-state index is 9.67. The first-order chi connectivity index (χ1) is 7.10. The van der Waals surface area contributed by atoms with Crippen molar-refractivity contribution in [2.75, 3.05) is 13.6 Å². The SMILES string of the molecule is CNC(c1ccc(Cl)c(Cl)c1)C(O)CN. The van der Waals surface area contributed by atoms with Gasteiger partial charge in [-0.2, -0.15) is 0 Å². The molecule has 0 fully saturated rings. The largest absolute Gasteiger partial charge is 0.390 e. The van der Waals surface area contributed by atoms with E-state index in [2.05, 4.69) is 5.32 Å². The van der Waals surface area contributed by atoms with E-state index in [0.717, 1.165) is 5.56 Å². The van der Waals surface area contributed by atoms with Gasteiger partial charge in [0.15, 0.2) is 0 Å². The third kappa shape index (κ3) is 3.06. The van der Waals surface area contributed by atoms with E-state index in [9.17, 15) is 5.11 Å². The van der Waals surface area contributed by atoms with E-state index in [-0.39, 0.29) is 12.6 Å². The first kappa shape index (κ1) is 12.7. The minimum atomic E-state index is -0.646. The molecule has 0 saturated carbocycles. The van der Waals surface area contributed by atoms with Gasteiger partial charge in [0.05, 0.1) is 22.2 Å². The Morgan fingerprint density at radius 3 is 2.53 bits per heavy atom. The number of aliphatic hydroxyl groups is 1. The number of rotatable bonds is 4. The average molecular weight is 249 g/mol. The molecule has 0 saturated heterocycles. The highest BCUT2D eigenvalue weighted by molar-refractivity contribution is 6.42. The highest BCUT2D eigenvalue weighted by Crippen LogP contribution is 2.26. The van der Waals surface area contributed by atoms with Crippen LogP contribution in [-0.4, -0.2) is 24.8 Å². The van der Waals surface area contributed by atoms with Gasteiger partial charge in [0.2, 0.25) is 0 Å². The van der Waals surface area contributed by atoms with Crippen LogP contribution in [0, 0.1) is 0 Å². The van der Waals surface area contributed by atoms with E-state index < -0.39 is 6.10 Å². The van der Waals surface area contributed by atoms with Crippen LogP contribution >= 0.6 is 23.2 Å². The molecule has 1 aromatic carbocycles. The van der Waals surface area contributed by atoms with E-state index in [1.165, 1.54) is 0 Å². The minimum absolute atomic E-state index is 0.186. The second kappa shape index (κ2) is 5.68. The number of hydrogen-bond donors (Lipinski definition) is 3. The van der Waals surface area contributed by atoms with E-state index in [0.29, 0.717) is 10.0 Å². The Hall–Kier alpha value is -0.320. The van der Waals surface area contributed by atoms with Crippen molar-refractivity contribution in [3.8, 4) is 0 Å². The lowest BCUT2D eigenvalue weighted by atomic mass is 10.0. The predicted molar refractivity (Wildman–Crippen MR) is 63.3 cm³/mol. The Bertz CT molecular complexity index is 333. The monoisotopic (exact) mass is 248 g/mol. The highest BCUT2D eigenvalue weighted by atomic mass is 35.5. The van der Waals surface area contributed by atoms with Gasteiger partial charge in [-0.1, -0.05) is 29.3 Å². The lowest BCUT2D eigenvalue weighted by molar-refractivity contribution is 0.139. The third-order valence-corrected chi connectivity index (χ3v) is 2.98. The fourth-order valence-corrected chi connectivity index (χ4v) is 1.73. The molecule has 0 aliphatic heterocycles. The Morgan fingerprint density at radius 1 is 1.40 bits per heavy atom. The quantitative estimate of drug-likeness (QED) is 0.759. The summed E-state index contributed by atoms with van der Waals surface area (Å²) in [5, 5.41) is 13.6. The van der Waals surface area contributed by atoms with Crippen LogP contribution in [0.5, 0.6) is 0 Å². The van der Waals surface area contributed by atoms with Gasteiger partial charge in [-0.25, -0.2) is 0 Å². The van der Waals surface area contributed by atoms with Gasteiger partial charge in [-0.05, 0) is 24.7 Å². The van der Waals surface area contributed by atoms with E-state index in [1.54, 1.807) is 19.2 Å². The number of benzene rings is 1. The van der Waals surface area contributed by atoms with Crippen LogP contribution in [0.1, 0.15) is 11.6 Å². The van der Waals surface area contributed by atoms with E-state index in [4.69, 9.17) is 28.9 Å². The molecule has 3 nitrogen and oxygen atoms in total. The summed E-state index contributed by atoms with van der Waals surface area (Å²) in [6.07, 6.45) is -0.646. The second-order valence-electron chi connectivity index (χ2n) is 3.24. The van der Waals surface area contributed by atoms with Gasteiger partial charge in [0.25, 0.3) is 0 Å². The summed E-state index contributed by atoms with van der Waals surface area (Å²) in [7, 11) is 1.76. The zero-order valence-corrected chi connectivity index (χ0v) is 9.89. The van der Waals surface area contributed by atoms with Crippen LogP contribution in [0.25, 0.3) is 0 Å². The first-order valence-corrected chi connectivity index (χ1v) is 5.36. The summed E-state index contributed by atoms with van der Waals surface area (Å²) in [5.74, 6) is 0. The van der Waals surface area contributed by atoms with Gasteiger partial charge in [0.1, 0.15) is 0 Å². The van der Waals surface area contributed by atoms with Crippen molar-refractivity contribution in [3.05, 3.63) is 33.8 Å². The van der Waals surface area contributed by atoms with E-state index in [1.807, 2.05) is 6.07 Å². The molecule has 0 bridgehead atoms. The molecule has 0 radical (unpaired) electrons. The van der Waals surface area contributed by atoms with Crippen molar-refractivity contribution in [1.29, 1.82) is 0 Å². The summed E-state index contributed by atoms with van der Waals surface area (Å²) >= 11 is 11.7. The van der Waals surface area contributed by atoms with Crippen LogP contribution in [0.4, 0.5) is 0 Å². The molecule has 2 unspecified atom stereocenters. The van der Waals surface area contributed by atoms with Crippen molar-refractivity contribution < 1.29 is 5.11 Å². The van der Waals surface area contributed by atoms with Gasteiger partial charge in [-0.3, -0.25) is 0 Å². The lowest BCUT2D eigenvalue weighted by Crippen LogP contribution is -2.34. The van der Waals surface area contributed by atoms with Gasteiger partial charge in [0, 0.05) is 6.54 Å². The lowest BCUT2D eigenvalue weighted by Gasteiger charge is -2.21. The van der Waals surface area contributed by atoms with Crippen LogP contribution in [-0.2, 0) is 0 Å². The second-order valence-corrected chi connectivity index (χ2v) is 4.06. The van der Waals surface area contributed by atoms with E-state index >= 15 is 0 Å². The normalized spacial score (nSPS) is 15.0. The number of nitrogens with two attached hydrogens (primary N) is 1. The van der Waals surface area contributed by atoms with Gasteiger partial charge >= 0.3 is 0 Å². The summed E-state index contributed by atoms with van der Waals surface area (Å²) in [6, 6.07) is 5.01. The summed E-state index contributed by atoms with van der Waals surface area (Å²) in [5.41, 5.74) is 6.27. The molecule has 0 aliphatic carbocycles. The number of aliphatic hydroxyl groups excluding tert-OH is 1. The zero-order valence-electron chi connectivity index (χ0n) is 8.37. The molecule has 0 heterocycles. The number of nitrogens with one attached hydrogen (secondary N) is 1. The van der Waals surface area contributed by atoms with Gasteiger partial charge in [-0.15, -0.1) is 0 Å². The topological polar surface area (TPSA) is 58.3 Å². The molecule has 0 aromatic heterocycles. The highest BCUT2D eigenvalue weighted by Gasteiger charge is 2.18. The van der Waals surface area contributed by atoms with Crippen molar-refractivity contribution in [3.63, 3.8) is 0 Å². The molecule has 15 heavy (non-hydrogen) atoms. The maximum Gasteiger partial charge on any atom is 0.0856 e. The van der Waals surface area contributed by atoms with Crippen molar-refractivity contribution in [2.24, 2.45) is 5.73 Å². The zero-order chi connectivity index (χ0) is 11.4. The number of likely N-dealkylation sites (N-methyl/N-ethyl adjacent to an activating group) is 1. The smallest absolute Gasteiger partial charge is 0.0856 e. The number of halogens is 2. The average Bonchev–Trinajstić information content (AvgIpc) is 2.24. The fourth-order valence-electron chi connectivity index (χ4n) is 1.42. The molecule has 4 N–H and O–H groups in total. The molecule has 2 atom stereocenters. The molecule has 1 rings (SSSR count). The van der Waals surface area contributed by atoms with Crippen molar-refractivity contribution in [2.45, 2.75) is 12.1 Å². The Labute approximate surface area is 99.2 Å². The van der Waals surface area contributed by atoms with Crippen LogP contribution in [0.2, 0.25) is 10.0 Å². The third-order valence-electron chi connectivity index (χ3n) is 2.24. The molecule has 0 aliphatic rings. The van der Waals surface area contributed by atoms with Gasteiger partial charge < -0.3 is 16.2 Å². The predicted octanol–water partition coefficient (Wildman–Crippen LogP) is 1.57. The molecule has 5 heteroatoms.